The van der Waals surface area contributed by atoms with E-state index in [-0.39, 0.29) is 5.88 Å². The molecule has 0 spiro atoms. The number of halogens is 1. The molecule has 1 fully saturated rings. The van der Waals surface area contributed by atoms with E-state index in [1.807, 2.05) is 54.7 Å². The van der Waals surface area contributed by atoms with Crippen LogP contribution in [-0.4, -0.2) is 47.9 Å². The molecular formula is C25H29ClN2O3. The first-order valence-corrected chi connectivity index (χ1v) is 11.1. The second-order valence-corrected chi connectivity index (χ2v) is 8.57. The van der Waals surface area contributed by atoms with Crippen molar-refractivity contribution in [3.8, 4) is 34.2 Å². The van der Waals surface area contributed by atoms with E-state index in [1.54, 1.807) is 11.7 Å². The fourth-order valence-corrected chi connectivity index (χ4v) is 4.11. The molecule has 0 amide bonds. The third kappa shape index (κ3) is 5.00. The van der Waals surface area contributed by atoms with E-state index in [0.29, 0.717) is 23.1 Å². The van der Waals surface area contributed by atoms with Crippen LogP contribution in [0.15, 0.2) is 54.7 Å². The van der Waals surface area contributed by atoms with Crippen LogP contribution in [0.25, 0.3) is 16.8 Å². The van der Waals surface area contributed by atoms with E-state index in [9.17, 15) is 5.11 Å². The minimum Gasteiger partial charge on any atom is -0.494 e. The zero-order chi connectivity index (χ0) is 21.8. The fourth-order valence-electron chi connectivity index (χ4n) is 3.99. The van der Waals surface area contributed by atoms with Gasteiger partial charge in [0, 0.05) is 29.4 Å². The molecule has 2 aromatic carbocycles. The van der Waals surface area contributed by atoms with E-state index >= 15 is 0 Å². The molecule has 5 nitrogen and oxygen atoms in total. The highest BCUT2D eigenvalue weighted by Gasteiger charge is 2.17. The second-order valence-electron chi connectivity index (χ2n) is 8.14. The highest BCUT2D eigenvalue weighted by atomic mass is 35.5. The maximum atomic E-state index is 10.8. The predicted octanol–water partition coefficient (Wildman–Crippen LogP) is 5.62. The molecule has 6 heteroatoms. The van der Waals surface area contributed by atoms with Crippen LogP contribution < -0.4 is 9.47 Å². The van der Waals surface area contributed by atoms with Gasteiger partial charge in [-0.05, 0) is 67.7 Å². The molecule has 4 rings (SSSR count). The lowest BCUT2D eigenvalue weighted by Gasteiger charge is -2.30. The fraction of sp³-hybridized carbons (Fsp3) is 0.360. The molecule has 1 aromatic heterocycles. The number of benzene rings is 2. The molecule has 0 atom stereocenters. The lowest BCUT2D eigenvalue weighted by molar-refractivity contribution is 0.158. The summed E-state index contributed by atoms with van der Waals surface area (Å²) in [6.07, 6.45) is 4.35. The summed E-state index contributed by atoms with van der Waals surface area (Å²) in [6.45, 7) is 6.08. The van der Waals surface area contributed by atoms with Gasteiger partial charge >= 0.3 is 0 Å². The van der Waals surface area contributed by atoms with Gasteiger partial charge in [0.15, 0.2) is 11.5 Å². The molecule has 0 radical (unpaired) electrons. The summed E-state index contributed by atoms with van der Waals surface area (Å²) in [6, 6.07) is 15.0. The molecular weight excluding hydrogens is 412 g/mol. The van der Waals surface area contributed by atoms with Crippen molar-refractivity contribution in [1.29, 1.82) is 0 Å². The van der Waals surface area contributed by atoms with Gasteiger partial charge in [-0.25, -0.2) is 0 Å². The molecule has 1 N–H and O–H groups in total. The van der Waals surface area contributed by atoms with E-state index in [4.69, 9.17) is 21.1 Å². The van der Waals surface area contributed by atoms with Crippen LogP contribution in [0.4, 0.5) is 0 Å². The van der Waals surface area contributed by atoms with Crippen LogP contribution in [0, 0.1) is 5.92 Å². The number of piperidine rings is 1. The number of hydrogen-bond acceptors (Lipinski definition) is 4. The molecule has 1 aliphatic rings. The maximum absolute atomic E-state index is 10.8. The quantitative estimate of drug-likeness (QED) is 0.517. The summed E-state index contributed by atoms with van der Waals surface area (Å²) in [7, 11) is 1.64. The molecule has 31 heavy (non-hydrogen) atoms. The molecule has 0 unspecified atom stereocenters. The van der Waals surface area contributed by atoms with E-state index in [0.717, 1.165) is 42.4 Å². The third-order valence-corrected chi connectivity index (χ3v) is 6.23. The third-order valence-electron chi connectivity index (χ3n) is 5.98. The highest BCUT2D eigenvalue weighted by Crippen LogP contribution is 2.36. The summed E-state index contributed by atoms with van der Waals surface area (Å²) < 4.78 is 13.3. The number of rotatable bonds is 7. The molecule has 0 saturated carbocycles. The Labute approximate surface area is 188 Å². The number of hydrogen-bond donors (Lipinski definition) is 1. The van der Waals surface area contributed by atoms with Crippen molar-refractivity contribution >= 4 is 11.6 Å². The maximum Gasteiger partial charge on any atom is 0.203 e. The lowest BCUT2D eigenvalue weighted by Crippen LogP contribution is -2.35. The Kier molecular flexibility index (Phi) is 6.73. The summed E-state index contributed by atoms with van der Waals surface area (Å²) in [5.41, 5.74) is 2.45. The van der Waals surface area contributed by atoms with Crippen LogP contribution in [-0.2, 0) is 0 Å². The van der Waals surface area contributed by atoms with E-state index in [1.165, 1.54) is 12.8 Å². The Morgan fingerprint density at radius 2 is 1.77 bits per heavy atom. The van der Waals surface area contributed by atoms with Crippen LogP contribution >= 0.6 is 11.6 Å². The SMILES string of the molecule is COc1ccc(-n2ccc(-c3ccc(Cl)cc3)c2O)cc1OCCN1CCC(C)CC1. The Hall–Kier alpha value is -2.63. The van der Waals surface area contributed by atoms with Gasteiger partial charge < -0.3 is 14.6 Å². The first-order valence-electron chi connectivity index (χ1n) is 10.7. The van der Waals surface area contributed by atoms with Crippen molar-refractivity contribution in [3.05, 3.63) is 59.8 Å². The molecule has 1 saturated heterocycles. The van der Waals surface area contributed by atoms with Crippen LogP contribution in [0.1, 0.15) is 19.8 Å². The van der Waals surface area contributed by atoms with Crippen molar-refractivity contribution in [2.45, 2.75) is 19.8 Å². The number of nitrogens with zero attached hydrogens (tertiary/aromatic N) is 2. The zero-order valence-electron chi connectivity index (χ0n) is 18.1. The number of likely N-dealkylation sites (tertiary alicyclic amines) is 1. The molecule has 0 aliphatic carbocycles. The number of methoxy groups -OCH3 is 1. The summed E-state index contributed by atoms with van der Waals surface area (Å²) in [4.78, 5) is 2.45. The van der Waals surface area contributed by atoms with Crippen molar-refractivity contribution < 1.29 is 14.6 Å². The van der Waals surface area contributed by atoms with E-state index < -0.39 is 0 Å². The summed E-state index contributed by atoms with van der Waals surface area (Å²) in [5.74, 6) is 2.34. The predicted molar refractivity (Wildman–Crippen MR) is 125 cm³/mol. The van der Waals surface area contributed by atoms with Gasteiger partial charge in [0.1, 0.15) is 6.61 Å². The van der Waals surface area contributed by atoms with E-state index in [2.05, 4.69) is 11.8 Å². The van der Waals surface area contributed by atoms with Gasteiger partial charge in [-0.15, -0.1) is 0 Å². The number of aromatic nitrogens is 1. The van der Waals surface area contributed by atoms with Crippen LogP contribution in [0.3, 0.4) is 0 Å². The van der Waals surface area contributed by atoms with Crippen molar-refractivity contribution in [2.24, 2.45) is 5.92 Å². The summed E-state index contributed by atoms with van der Waals surface area (Å²) in [5, 5.41) is 11.5. The minimum atomic E-state index is 0.167. The Morgan fingerprint density at radius 1 is 1.03 bits per heavy atom. The lowest BCUT2D eigenvalue weighted by atomic mass is 9.99. The Bertz CT molecular complexity index is 1010. The zero-order valence-corrected chi connectivity index (χ0v) is 18.8. The van der Waals surface area contributed by atoms with Crippen LogP contribution in [0.5, 0.6) is 17.4 Å². The minimum absolute atomic E-state index is 0.167. The van der Waals surface area contributed by atoms with Gasteiger partial charge in [-0.3, -0.25) is 9.47 Å². The Balaban J connectivity index is 1.50. The van der Waals surface area contributed by atoms with Gasteiger partial charge in [-0.2, -0.15) is 0 Å². The average molecular weight is 441 g/mol. The second kappa shape index (κ2) is 9.67. The van der Waals surface area contributed by atoms with Crippen molar-refractivity contribution in [3.63, 3.8) is 0 Å². The Morgan fingerprint density at radius 3 is 2.48 bits per heavy atom. The van der Waals surface area contributed by atoms with Crippen molar-refractivity contribution in [2.75, 3.05) is 33.4 Å². The van der Waals surface area contributed by atoms with Gasteiger partial charge in [-0.1, -0.05) is 30.7 Å². The first-order chi connectivity index (χ1) is 15.0. The first kappa shape index (κ1) is 21.6. The largest absolute Gasteiger partial charge is 0.494 e. The highest BCUT2D eigenvalue weighted by molar-refractivity contribution is 6.30. The van der Waals surface area contributed by atoms with Gasteiger partial charge in [0.2, 0.25) is 5.88 Å². The van der Waals surface area contributed by atoms with Crippen LogP contribution in [0.2, 0.25) is 5.02 Å². The average Bonchev–Trinajstić information content (AvgIpc) is 3.17. The number of aromatic hydroxyl groups is 1. The smallest absolute Gasteiger partial charge is 0.203 e. The molecule has 2 heterocycles. The van der Waals surface area contributed by atoms with Crippen molar-refractivity contribution in [1.82, 2.24) is 9.47 Å². The molecule has 164 valence electrons. The number of ether oxygens (including phenoxy) is 2. The molecule has 0 bridgehead atoms. The monoisotopic (exact) mass is 440 g/mol. The standard InChI is InChI=1S/C25H29ClN2O3/c1-18-9-12-27(13-10-18)15-16-31-24-17-21(7-8-23(24)30-2)28-14-11-22(25(28)29)19-3-5-20(26)6-4-19/h3-8,11,14,17-18,29H,9-10,12-13,15-16H2,1-2H3. The van der Waals surface area contributed by atoms with Gasteiger partial charge in [0.05, 0.1) is 12.8 Å². The molecule has 1 aliphatic heterocycles. The van der Waals surface area contributed by atoms with Gasteiger partial charge in [0.25, 0.3) is 0 Å². The normalized spacial score (nSPS) is 15.2. The topological polar surface area (TPSA) is 46.9 Å². The molecule has 3 aromatic rings. The summed E-state index contributed by atoms with van der Waals surface area (Å²) >= 11 is 5.99.